The molecule has 0 bridgehead atoms. The van der Waals surface area contributed by atoms with Gasteiger partial charge in [0.05, 0.1) is 34.9 Å². The number of benzene rings is 1. The fraction of sp³-hybridized carbons (Fsp3) is 0.267. The van der Waals surface area contributed by atoms with Gasteiger partial charge in [-0.15, -0.1) is 0 Å². The van der Waals surface area contributed by atoms with Gasteiger partial charge in [-0.2, -0.15) is 10.4 Å². The fourth-order valence-corrected chi connectivity index (χ4v) is 6.36. The van der Waals surface area contributed by atoms with Crippen LogP contribution in [-0.4, -0.2) is 24.9 Å². The first kappa shape index (κ1) is 23.1. The van der Waals surface area contributed by atoms with Gasteiger partial charge in [0, 0.05) is 34.9 Å². The van der Waals surface area contributed by atoms with E-state index in [9.17, 15) is 14.8 Å². The number of nitrogens with zero attached hydrogens (tertiary/aromatic N) is 5. The van der Waals surface area contributed by atoms with Crippen molar-refractivity contribution in [1.82, 2.24) is 19.7 Å². The Balaban J connectivity index is 1.54. The molecule has 0 spiro atoms. The molecule has 0 fully saturated rings. The van der Waals surface area contributed by atoms with Crippen molar-refractivity contribution in [2.75, 3.05) is 0 Å². The monoisotopic (exact) mass is 491 g/mol. The van der Waals surface area contributed by atoms with Crippen molar-refractivity contribution >= 4 is 0 Å². The van der Waals surface area contributed by atoms with Gasteiger partial charge in [-0.1, -0.05) is 32.0 Å². The zero-order valence-corrected chi connectivity index (χ0v) is 20.7. The number of aromatic nitrogens is 4. The van der Waals surface area contributed by atoms with E-state index in [1.807, 2.05) is 54.1 Å². The summed E-state index contributed by atoms with van der Waals surface area (Å²) < 4.78 is 15.7. The first-order chi connectivity index (χ1) is 17.9. The van der Waals surface area contributed by atoms with E-state index in [-0.39, 0.29) is 23.4 Å². The molecule has 184 valence electrons. The quantitative estimate of drug-likeness (QED) is 0.362. The number of aliphatic hydroxyl groups is 1. The van der Waals surface area contributed by atoms with E-state index in [0.717, 1.165) is 46.7 Å². The predicted molar refractivity (Wildman–Crippen MR) is 138 cm³/mol. The van der Waals surface area contributed by atoms with Gasteiger partial charge >= 0.3 is 0 Å². The van der Waals surface area contributed by atoms with E-state index in [1.54, 1.807) is 12.4 Å². The van der Waals surface area contributed by atoms with Crippen molar-refractivity contribution in [3.63, 3.8) is 0 Å². The van der Waals surface area contributed by atoms with Gasteiger partial charge in [0.1, 0.15) is 17.3 Å². The number of pyridine rings is 2. The summed E-state index contributed by atoms with van der Waals surface area (Å²) in [5, 5.41) is 25.7. The molecule has 3 atom stereocenters. The highest BCUT2D eigenvalue weighted by Crippen LogP contribution is 2.55. The number of nitriles is 1. The number of hydrogen-bond donors (Lipinski definition) is 1. The molecule has 0 saturated carbocycles. The Hall–Kier alpha value is -4.31. The van der Waals surface area contributed by atoms with Gasteiger partial charge < -0.3 is 5.11 Å². The Kier molecular flexibility index (Phi) is 5.41. The smallest absolute Gasteiger partial charge is 0.142 e. The van der Waals surface area contributed by atoms with Gasteiger partial charge in [0.25, 0.3) is 0 Å². The molecular formula is C30H26FN5O. The van der Waals surface area contributed by atoms with Crippen LogP contribution >= 0.6 is 0 Å². The fourth-order valence-electron chi connectivity index (χ4n) is 6.36. The second-order valence-corrected chi connectivity index (χ2v) is 10.2. The van der Waals surface area contributed by atoms with Crippen LogP contribution in [0, 0.1) is 29.0 Å². The topological polar surface area (TPSA) is 87.6 Å². The van der Waals surface area contributed by atoms with Crippen LogP contribution in [0.2, 0.25) is 0 Å². The maximum absolute atomic E-state index is 13.7. The van der Waals surface area contributed by atoms with Crippen LogP contribution in [0.4, 0.5) is 4.39 Å². The second-order valence-electron chi connectivity index (χ2n) is 10.2. The molecule has 4 aromatic rings. The van der Waals surface area contributed by atoms with Gasteiger partial charge in [-0.25, -0.2) is 9.07 Å². The first-order valence-electron chi connectivity index (χ1n) is 12.5. The van der Waals surface area contributed by atoms with Gasteiger partial charge in [-0.05, 0) is 61.1 Å². The highest BCUT2D eigenvalue weighted by molar-refractivity contribution is 5.66. The minimum absolute atomic E-state index is 0.119. The lowest BCUT2D eigenvalue weighted by atomic mass is 9.56. The van der Waals surface area contributed by atoms with Crippen LogP contribution in [-0.2, 0) is 11.8 Å². The standard InChI is InChI=1S/C30H26FN5O/c1-18-25-11-10-24-27(26-5-3-4-12-34-26)35-36(29(24)30(25,2)14-21(15-32)28(18)37)23-8-6-19(7-9-23)20-13-22(31)17-33-16-20/h3-9,12-13,16-18,25,37H,10-11,14H2,1-2H3/t18-,25-,30-/m1/s1. The second kappa shape index (κ2) is 8.67. The Morgan fingerprint density at radius 3 is 2.65 bits per heavy atom. The van der Waals surface area contributed by atoms with Crippen LogP contribution in [0.5, 0.6) is 0 Å². The molecule has 0 radical (unpaired) electrons. The molecule has 6 rings (SSSR count). The summed E-state index contributed by atoms with van der Waals surface area (Å²) in [5.41, 5.74) is 6.35. The molecule has 37 heavy (non-hydrogen) atoms. The molecule has 7 heteroatoms. The molecule has 0 amide bonds. The summed E-state index contributed by atoms with van der Waals surface area (Å²) in [5.74, 6) is -0.108. The molecule has 0 saturated heterocycles. The van der Waals surface area contributed by atoms with Crippen molar-refractivity contribution in [2.45, 2.75) is 38.5 Å². The Morgan fingerprint density at radius 1 is 1.14 bits per heavy atom. The van der Waals surface area contributed by atoms with Crippen LogP contribution < -0.4 is 0 Å². The number of hydrogen-bond acceptors (Lipinski definition) is 5. The summed E-state index contributed by atoms with van der Waals surface area (Å²) in [6.45, 7) is 4.21. The average molecular weight is 492 g/mol. The first-order valence-corrected chi connectivity index (χ1v) is 12.5. The van der Waals surface area contributed by atoms with Crippen molar-refractivity contribution in [3.8, 4) is 34.3 Å². The number of aliphatic hydroxyl groups excluding tert-OH is 1. The lowest BCUT2D eigenvalue weighted by molar-refractivity contribution is 0.134. The zero-order valence-electron chi connectivity index (χ0n) is 20.7. The molecule has 2 aliphatic rings. The van der Waals surface area contributed by atoms with E-state index in [1.165, 1.54) is 12.3 Å². The number of halogens is 1. The summed E-state index contributed by atoms with van der Waals surface area (Å²) in [6.07, 6.45) is 6.77. The minimum atomic E-state index is -0.393. The summed E-state index contributed by atoms with van der Waals surface area (Å²) in [6, 6.07) is 17.4. The summed E-state index contributed by atoms with van der Waals surface area (Å²) >= 11 is 0. The van der Waals surface area contributed by atoms with Crippen LogP contribution in [0.25, 0.3) is 28.2 Å². The van der Waals surface area contributed by atoms with Crippen molar-refractivity contribution < 1.29 is 9.50 Å². The van der Waals surface area contributed by atoms with Gasteiger partial charge in [-0.3, -0.25) is 9.97 Å². The highest BCUT2D eigenvalue weighted by Gasteiger charge is 2.51. The molecule has 2 aliphatic carbocycles. The molecule has 0 aliphatic heterocycles. The summed E-state index contributed by atoms with van der Waals surface area (Å²) in [7, 11) is 0. The zero-order chi connectivity index (χ0) is 25.7. The maximum Gasteiger partial charge on any atom is 0.142 e. The molecule has 1 N–H and O–H groups in total. The maximum atomic E-state index is 13.7. The highest BCUT2D eigenvalue weighted by atomic mass is 19.1. The van der Waals surface area contributed by atoms with E-state index >= 15 is 0 Å². The number of rotatable bonds is 3. The number of allylic oxidation sites excluding steroid dienone is 2. The van der Waals surface area contributed by atoms with Gasteiger partial charge in [0.15, 0.2) is 0 Å². The predicted octanol–water partition coefficient (Wildman–Crippen LogP) is 6.33. The Bertz CT molecular complexity index is 1570. The molecule has 3 aromatic heterocycles. The molecule has 1 aromatic carbocycles. The minimum Gasteiger partial charge on any atom is -0.511 e. The Morgan fingerprint density at radius 2 is 1.95 bits per heavy atom. The summed E-state index contributed by atoms with van der Waals surface area (Å²) in [4.78, 5) is 8.56. The van der Waals surface area contributed by atoms with Crippen molar-refractivity contribution in [1.29, 1.82) is 5.26 Å². The SMILES string of the molecule is C[C@H]1C(O)=C(C#N)C[C@@]2(C)c3c(c(-c4ccccn4)nn3-c3ccc(-c4cncc(F)c4)cc3)CC[C@H]12. The van der Waals surface area contributed by atoms with Crippen LogP contribution in [0.15, 0.2) is 78.5 Å². The van der Waals surface area contributed by atoms with Gasteiger partial charge in [0.2, 0.25) is 0 Å². The Labute approximate surface area is 214 Å². The largest absolute Gasteiger partial charge is 0.511 e. The third-order valence-corrected chi connectivity index (χ3v) is 8.13. The molecular weight excluding hydrogens is 465 g/mol. The molecule has 0 unspecified atom stereocenters. The van der Waals surface area contributed by atoms with Crippen molar-refractivity contribution in [2.24, 2.45) is 11.8 Å². The van der Waals surface area contributed by atoms with Crippen LogP contribution in [0.3, 0.4) is 0 Å². The molecule has 3 heterocycles. The van der Waals surface area contributed by atoms with E-state index < -0.39 is 5.41 Å². The normalized spacial score (nSPS) is 22.8. The average Bonchev–Trinajstić information content (AvgIpc) is 3.32. The molecule has 6 nitrogen and oxygen atoms in total. The third kappa shape index (κ3) is 3.63. The van der Waals surface area contributed by atoms with Crippen LogP contribution in [0.1, 0.15) is 37.9 Å². The third-order valence-electron chi connectivity index (χ3n) is 8.13. The lowest BCUT2D eigenvalue weighted by Gasteiger charge is -2.47. The lowest BCUT2D eigenvalue weighted by Crippen LogP contribution is -2.45. The van der Waals surface area contributed by atoms with Crippen molar-refractivity contribution in [3.05, 3.63) is 95.5 Å². The van der Waals surface area contributed by atoms with E-state index in [0.29, 0.717) is 17.6 Å². The van der Waals surface area contributed by atoms with E-state index in [2.05, 4.69) is 23.0 Å². The number of fused-ring (bicyclic) bond motifs is 3. The van der Waals surface area contributed by atoms with E-state index in [4.69, 9.17) is 5.10 Å².